The van der Waals surface area contributed by atoms with Crippen LogP contribution < -0.4 is 93.0 Å². The van der Waals surface area contributed by atoms with E-state index in [1.807, 2.05) is 52.0 Å². The number of nitrogens with two attached hydrogens (primary N) is 2. The van der Waals surface area contributed by atoms with Crippen LogP contribution in [0.15, 0.2) is 136 Å². The number of fused-ring (bicyclic) bond motifs is 4. The maximum atomic E-state index is 13.0. The number of carbonyl (C=O) groups excluding carboxylic acids is 4. The minimum absolute atomic E-state index is 0.0321. The third-order valence-electron chi connectivity index (χ3n) is 22.2. The Kier molecular flexibility index (Phi) is 39.1. The second-order valence-corrected chi connectivity index (χ2v) is 44.1. The molecule has 2 aliphatic rings. The van der Waals surface area contributed by atoms with E-state index in [0.29, 0.717) is 71.9 Å². The van der Waals surface area contributed by atoms with Crippen LogP contribution in [0.4, 0.5) is 32.9 Å². The lowest BCUT2D eigenvalue weighted by Crippen LogP contribution is -2.49. The average Bonchev–Trinajstić information content (AvgIpc) is 1.60. The summed E-state index contributed by atoms with van der Waals surface area (Å²) in [5.74, 6) is -1.51. The molecule has 2 aliphatic heterocycles. The molecule has 14 atom stereocenters. The number of imidazole rings is 2. The van der Waals surface area contributed by atoms with E-state index in [1.54, 1.807) is 41.0 Å². The molecular weight excluding hydrogens is 2130 g/mol. The number of aliphatic hydroxyl groups excluding tert-OH is 2. The number of aromatic nitrogens is 10. The van der Waals surface area contributed by atoms with Gasteiger partial charge in [0.1, 0.15) is 72.6 Å². The van der Waals surface area contributed by atoms with E-state index in [1.165, 1.54) is 77.1 Å². The summed E-state index contributed by atoms with van der Waals surface area (Å²) in [5, 5.41) is 33.9. The summed E-state index contributed by atoms with van der Waals surface area (Å²) in [6, 6.07) is 19.7. The molecule has 2 fully saturated rings. The van der Waals surface area contributed by atoms with Gasteiger partial charge in [0.05, 0.1) is 38.4 Å². The number of pyridine rings is 2. The number of carbonyl (C=O) groups is 4. The summed E-state index contributed by atoms with van der Waals surface area (Å²) in [5.41, 5.74) is 12.5. The number of benzene rings is 2. The number of phosphoric acid groups is 6. The summed E-state index contributed by atoms with van der Waals surface area (Å²) >= 11 is 0. The first-order valence-electron chi connectivity index (χ1n) is 44.5. The van der Waals surface area contributed by atoms with Crippen molar-refractivity contribution in [3.05, 3.63) is 162 Å². The first-order chi connectivity index (χ1) is 69.3. The molecule has 0 saturated carbocycles. The number of rotatable bonds is 48. The molecule has 0 aliphatic carbocycles. The van der Waals surface area contributed by atoms with Gasteiger partial charge in [-0.1, -0.05) is 9.97 Å². The van der Waals surface area contributed by atoms with Crippen molar-refractivity contribution >= 4 is 183 Å². The van der Waals surface area contributed by atoms with Crippen LogP contribution in [0.2, 0.25) is 0 Å². The van der Waals surface area contributed by atoms with Crippen LogP contribution in [-0.2, 0) is 130 Å². The fraction of sp³-hybridized carbons (Fsp3) is 0.425. The van der Waals surface area contributed by atoms with Crippen molar-refractivity contribution in [1.82, 2.24) is 50.3 Å². The Morgan fingerprint density at radius 3 is 1.29 bits per heavy atom. The van der Waals surface area contributed by atoms with Gasteiger partial charge >= 0.3 is 66.0 Å². The number of aliphatic hydroxyl groups is 2. The van der Waals surface area contributed by atoms with Gasteiger partial charge in [0.15, 0.2) is 43.4 Å². The molecule has 12 rings (SSSR count). The van der Waals surface area contributed by atoms with Crippen molar-refractivity contribution in [3.8, 4) is 0 Å². The van der Waals surface area contributed by atoms with E-state index < -0.39 is 186 Å². The molecule has 0 radical (unpaired) electrons. The molecule has 68 heteroatoms. The first kappa shape index (κ1) is 117. The van der Waals surface area contributed by atoms with E-state index in [-0.39, 0.29) is 97.5 Å². The zero-order valence-electron chi connectivity index (χ0n) is 78.9. The monoisotopic (exact) mass is 2240 g/mol. The standard InChI is InChI=1S/2C40H52N9O21P3S/c1-4-47(5-2)27-13-10-24-19-25(38(53)67-29(24)20-27)11-12-26-14-15-28(74(62,63)64)21-48(26)18-8-6-7-9-31(50)42-16-17-43-40(54)68-34-30(22-65-72(58,59)70-73(60,61)69-71(55,56)57)66-37(33(34)51)49-23-46(3)32-35(49)44-39(41)45-36(32)52;1-4-47(5-2)27-13-10-24-19-25(38(53)67-29(24)20-27)11-12-26-14-15-28(74(62,63)64)21-48(26)18-8-6-7-9-31(50)42-16-17-43-40(54)68-34-33(51)30(22-65-72(58,59)70-73(60,61)69-71(55,56)57)66-37(34)49-23-46(3)32-35(49)44-39(41)45-36(32)52/h2*10-15,19-21,23,30,33-34,37,51H,4-9,16-18,22H2,1-3H3,(H8-2,41,42,43,44,45,50,52,54,55,56,57,58,59,60,61,62,63,64)/t2*30-,33-,34-,37-/m11/s1. The third kappa shape index (κ3) is 32.3. The lowest BCUT2D eigenvalue weighted by molar-refractivity contribution is -0.746. The number of amides is 4. The van der Waals surface area contributed by atoms with Gasteiger partial charge in [-0.2, -0.15) is 17.8 Å². The molecule has 10 heterocycles. The number of alkyl carbamates (subject to hydrolysis) is 2. The van der Waals surface area contributed by atoms with Crippen molar-refractivity contribution in [2.24, 2.45) is 14.1 Å². The van der Waals surface area contributed by atoms with Gasteiger partial charge in [-0.25, -0.2) is 72.0 Å². The molecule has 4 amide bonds. The number of aromatic amines is 2. The maximum absolute atomic E-state index is 13.0. The highest BCUT2D eigenvalue weighted by atomic mass is 32.2. The molecule has 8 aromatic heterocycles. The lowest BCUT2D eigenvalue weighted by Gasteiger charge is -2.23. The number of nitrogen functional groups attached to an aromatic ring is 2. The predicted molar refractivity (Wildman–Crippen MR) is 506 cm³/mol. The van der Waals surface area contributed by atoms with Gasteiger partial charge in [0.25, 0.3) is 38.7 Å². The Morgan fingerprint density at radius 1 is 0.507 bits per heavy atom. The quantitative estimate of drug-likeness (QED) is 0.00770. The largest absolute Gasteiger partial charge is 0.756 e. The second-order valence-electron chi connectivity index (χ2n) is 32.6. The van der Waals surface area contributed by atoms with Crippen LogP contribution in [0.5, 0.6) is 0 Å². The zero-order chi connectivity index (χ0) is 109. The summed E-state index contributed by atoms with van der Waals surface area (Å²) < 4.78 is 207. The first-order valence-corrected chi connectivity index (χ1v) is 56.3. The van der Waals surface area contributed by atoms with Crippen molar-refractivity contribution < 1.29 is 194 Å². The Morgan fingerprint density at radius 2 is 0.892 bits per heavy atom. The Balaban J connectivity index is 0.000000281. The molecule has 2 saturated heterocycles. The zero-order valence-corrected chi connectivity index (χ0v) is 85.9. The highest BCUT2D eigenvalue weighted by molar-refractivity contribution is 7.86. The summed E-state index contributed by atoms with van der Waals surface area (Å²) in [6.45, 7) is 8.53. The highest BCUT2D eigenvalue weighted by Crippen LogP contribution is 2.67. The highest BCUT2D eigenvalue weighted by Gasteiger charge is 2.54. The van der Waals surface area contributed by atoms with Crippen LogP contribution in [-0.4, -0.2) is 221 Å². The van der Waals surface area contributed by atoms with Gasteiger partial charge in [0.2, 0.25) is 46.7 Å². The topological polar surface area (TPSA) is 869 Å². The van der Waals surface area contributed by atoms with E-state index >= 15 is 0 Å². The molecule has 10 aromatic rings. The average molecular weight is 2240 g/mol. The molecule has 6 unspecified atom stereocenters. The molecule has 0 spiro atoms. The third-order valence-corrected chi connectivity index (χ3v) is 31.4. The summed E-state index contributed by atoms with van der Waals surface area (Å²) in [7, 11) is -42.2. The van der Waals surface area contributed by atoms with Gasteiger partial charge in [-0.3, -0.25) is 56.5 Å². The number of H-pyrrole nitrogens is 2. The molecular formula is C80H104N18O42P6S2. The minimum atomic E-state index is -5.99. The van der Waals surface area contributed by atoms with Gasteiger partial charge in [-0.15, -0.1) is 0 Å². The number of aryl methyl sites for hydroxylation is 4. The number of phosphoric ester groups is 2. The van der Waals surface area contributed by atoms with Crippen molar-refractivity contribution in [2.45, 2.75) is 151 Å². The summed E-state index contributed by atoms with van der Waals surface area (Å²) in [6.07, 6.45) is -2.71. The van der Waals surface area contributed by atoms with Gasteiger partial charge in [0, 0.05) is 137 Å². The second kappa shape index (κ2) is 49.5. The number of nitrogens with one attached hydrogen (secondary N) is 6. The Labute approximate surface area is 837 Å². The number of hydrogen-bond donors (Lipinski definition) is 16. The smallest absolute Gasteiger partial charge is 0.487 e. The van der Waals surface area contributed by atoms with E-state index in [2.05, 4.69) is 77.3 Å². The van der Waals surface area contributed by atoms with Crippen LogP contribution in [0.25, 0.3) is 68.6 Å². The number of ether oxygens (including phenoxy) is 4. The SMILES string of the molecule is CCN(CC)c1ccc2cc(/C=C/c3ccc(S(=O)(=O)[O-])c[n+]3CCCCCC(=O)NCCNC(=O)O[C@@H]3[C@H](O)[C@@H](COP(=O)(O)OP(=O)(O)OP(=O)([O-])O)O[C@H]3[n+]3cn(C)c4c(=O)[nH]c(N)nc43)c(=O)oc2c1.CCN(CC)c1ccc2cc(/C=C/c3ccc(S(=O)(=O)[O-])c[n+]3CCCCCC(=O)NCCNC(=O)O[C@H]3[C@@H](O)[C@H]([n+]4cn(C)c5c(=O)[nH]c(N)nc54)O[C@@H]3COP(=O)(O)OP(=O)(O)OP(=O)([O-])O)c(=O)oc2c1. The van der Waals surface area contributed by atoms with Crippen LogP contribution in [0, 0.1) is 0 Å². The van der Waals surface area contributed by atoms with Crippen LogP contribution in [0.1, 0.15) is 114 Å². The maximum Gasteiger partial charge on any atom is 0.487 e. The normalized spacial score (nSPS) is 19.5. The predicted octanol–water partition coefficient (Wildman–Crippen LogP) is -0.226. The minimum Gasteiger partial charge on any atom is -0.756 e. The lowest BCUT2D eigenvalue weighted by atomic mass is 10.1. The molecule has 2 aromatic carbocycles. The number of anilines is 4. The number of unbranched alkanes of at least 4 members (excludes halogenated alkanes) is 4. The number of nitrogens with zero attached hydrogens (tertiary/aromatic N) is 10. The fourth-order valence-corrected chi connectivity index (χ4v) is 22.4. The van der Waals surface area contributed by atoms with Crippen LogP contribution >= 0.6 is 46.9 Å². The molecule has 60 nitrogen and oxygen atoms in total. The molecule has 808 valence electrons. The van der Waals surface area contributed by atoms with Crippen molar-refractivity contribution in [2.75, 3.05) is 86.8 Å². The molecule has 18 N–H and O–H groups in total. The van der Waals surface area contributed by atoms with Gasteiger partial charge in [-0.05, 0) is 114 Å². The van der Waals surface area contributed by atoms with E-state index in [4.69, 9.17) is 49.0 Å². The van der Waals surface area contributed by atoms with Gasteiger partial charge < -0.3 is 129 Å². The van der Waals surface area contributed by atoms with Crippen molar-refractivity contribution in [1.29, 1.82) is 0 Å². The van der Waals surface area contributed by atoms with E-state index in [9.17, 15) is 131 Å². The van der Waals surface area contributed by atoms with E-state index in [0.717, 1.165) is 58.8 Å². The fourth-order valence-electron chi connectivity index (χ4n) is 15.4. The Bertz CT molecular complexity index is 7480. The Hall–Kier alpha value is -11.5. The van der Waals surface area contributed by atoms with Crippen LogP contribution in [0.3, 0.4) is 0 Å². The van der Waals surface area contributed by atoms with Crippen molar-refractivity contribution in [3.63, 3.8) is 0 Å². The number of hydrogen-bond acceptors (Lipinski definition) is 42. The molecule has 148 heavy (non-hydrogen) atoms. The molecule has 0 bridgehead atoms. The summed E-state index contributed by atoms with van der Waals surface area (Å²) in [4.78, 5) is 197.